The second-order valence-electron chi connectivity index (χ2n) is 16.4. The molecule has 1 atom stereocenters. The van der Waals surface area contributed by atoms with Crippen LogP contribution in [0, 0.1) is 17.5 Å². The fraction of sp³-hybridized carbons (Fsp3) is 0.0345. The molecule has 63 heavy (non-hydrogen) atoms. The Bertz CT molecular complexity index is 3610. The third-order valence-electron chi connectivity index (χ3n) is 12.9. The number of fused-ring (bicyclic) bond motifs is 4. The van der Waals surface area contributed by atoms with Crippen LogP contribution in [0.2, 0.25) is 0 Å². The molecule has 5 heteroatoms. The van der Waals surface area contributed by atoms with Gasteiger partial charge in [-0.25, -0.2) is 13.2 Å². The predicted molar refractivity (Wildman–Crippen MR) is 256 cm³/mol. The van der Waals surface area contributed by atoms with Gasteiger partial charge in [-0.3, -0.25) is 0 Å². The summed E-state index contributed by atoms with van der Waals surface area (Å²) < 4.78 is 46.5. The summed E-state index contributed by atoms with van der Waals surface area (Å²) in [5.41, 5.74) is 10.9. The van der Waals surface area contributed by atoms with Crippen LogP contribution < -0.4 is 4.90 Å². The second-order valence-corrected chi connectivity index (χ2v) is 16.4. The summed E-state index contributed by atoms with van der Waals surface area (Å²) >= 11 is 0. The van der Waals surface area contributed by atoms with Gasteiger partial charge in [0.15, 0.2) is 17.5 Å². The molecule has 0 aliphatic heterocycles. The largest absolute Gasteiger partial charge is 0.332 e. The van der Waals surface area contributed by atoms with Gasteiger partial charge in [-0.2, -0.15) is 0 Å². The highest BCUT2D eigenvalue weighted by Gasteiger charge is 2.27. The zero-order chi connectivity index (χ0) is 42.2. The van der Waals surface area contributed by atoms with Gasteiger partial charge in [0, 0.05) is 22.1 Å². The number of halogens is 3. The Morgan fingerprint density at radius 3 is 1.83 bits per heavy atom. The Kier molecular flexibility index (Phi) is 8.58. The van der Waals surface area contributed by atoms with Crippen LogP contribution in [0.1, 0.15) is 12.0 Å². The highest BCUT2D eigenvalue weighted by atomic mass is 19.2. The lowest BCUT2D eigenvalue weighted by atomic mass is 9.87. The highest BCUT2D eigenvalue weighted by molar-refractivity contribution is 6.33. The second kappa shape index (κ2) is 14.6. The molecule has 12 rings (SSSR count). The van der Waals surface area contributed by atoms with E-state index in [1.54, 1.807) is 4.90 Å². The Balaban J connectivity index is 1.01. The molecule has 1 aliphatic carbocycles. The molecule has 0 radical (unpaired) electrons. The third-order valence-corrected chi connectivity index (χ3v) is 12.9. The van der Waals surface area contributed by atoms with Crippen LogP contribution in [0.15, 0.2) is 206 Å². The van der Waals surface area contributed by atoms with Crippen molar-refractivity contribution in [1.29, 1.82) is 0 Å². The lowest BCUT2D eigenvalue weighted by molar-refractivity contribution is 0.446. The summed E-state index contributed by atoms with van der Waals surface area (Å²) in [5, 5.41) is 9.54. The van der Waals surface area contributed by atoms with Crippen LogP contribution >= 0.6 is 0 Å². The van der Waals surface area contributed by atoms with Gasteiger partial charge < -0.3 is 9.47 Å². The van der Waals surface area contributed by atoms with Gasteiger partial charge >= 0.3 is 0 Å². The Labute approximate surface area is 362 Å². The number of rotatable bonds is 7. The van der Waals surface area contributed by atoms with Gasteiger partial charge in [0.1, 0.15) is 0 Å². The maximum absolute atomic E-state index is 15.4. The molecule has 0 saturated carbocycles. The minimum atomic E-state index is -1.48. The SMILES string of the molecule is Fc1ccc(N(c2ccccc2)C2C=CC(c3ccc4ccc5c6c(ccc3c46)cc3c5c4ccc(-c5ccccc5)cc4n3-c3ccc(-c4ccccc4)cc3)=CC2)c(F)c1F. The normalized spacial score (nSPS) is 14.1. The van der Waals surface area contributed by atoms with Gasteiger partial charge in [-0.1, -0.05) is 158 Å². The first-order chi connectivity index (χ1) is 31.0. The van der Waals surface area contributed by atoms with E-state index < -0.39 is 17.5 Å². The number of hydrogen-bond acceptors (Lipinski definition) is 1. The molecule has 2 nitrogen and oxygen atoms in total. The molecule has 300 valence electrons. The molecule has 1 aliphatic rings. The van der Waals surface area contributed by atoms with Crippen molar-refractivity contribution in [2.75, 3.05) is 4.90 Å². The van der Waals surface area contributed by atoms with Crippen molar-refractivity contribution < 1.29 is 13.2 Å². The monoisotopic (exact) mass is 818 g/mol. The lowest BCUT2D eigenvalue weighted by Gasteiger charge is -2.33. The van der Waals surface area contributed by atoms with Crippen molar-refractivity contribution >= 4 is 71.1 Å². The molecule has 0 bridgehead atoms. The number of anilines is 2. The van der Waals surface area contributed by atoms with Crippen LogP contribution in [-0.4, -0.2) is 10.6 Å². The molecule has 0 N–H and O–H groups in total. The van der Waals surface area contributed by atoms with Crippen LogP contribution in [0.5, 0.6) is 0 Å². The quantitative estimate of drug-likeness (QED) is 0.115. The number of allylic oxidation sites excluding steroid dienone is 2. The van der Waals surface area contributed by atoms with E-state index >= 15 is 4.39 Å². The van der Waals surface area contributed by atoms with Gasteiger partial charge in [-0.05, 0) is 121 Å². The third kappa shape index (κ3) is 5.95. The fourth-order valence-electron chi connectivity index (χ4n) is 9.95. The number of para-hydroxylation sites is 1. The first-order valence-electron chi connectivity index (χ1n) is 21.3. The average molecular weight is 819 g/mol. The minimum absolute atomic E-state index is 0.0116. The zero-order valence-corrected chi connectivity index (χ0v) is 33.9. The van der Waals surface area contributed by atoms with Crippen LogP contribution in [-0.2, 0) is 0 Å². The van der Waals surface area contributed by atoms with E-state index in [9.17, 15) is 8.78 Å². The maximum Gasteiger partial charge on any atom is 0.196 e. The number of benzene rings is 10. The Morgan fingerprint density at radius 2 is 1.10 bits per heavy atom. The summed E-state index contributed by atoms with van der Waals surface area (Å²) in [7, 11) is 0. The van der Waals surface area contributed by atoms with E-state index in [1.807, 2.05) is 42.5 Å². The molecular weight excluding hydrogens is 782 g/mol. The van der Waals surface area contributed by atoms with Crippen molar-refractivity contribution in [2.24, 2.45) is 0 Å². The van der Waals surface area contributed by atoms with E-state index in [4.69, 9.17) is 0 Å². The first-order valence-corrected chi connectivity index (χ1v) is 21.3. The van der Waals surface area contributed by atoms with E-state index in [2.05, 4.69) is 156 Å². The number of aromatic nitrogens is 1. The molecule has 1 heterocycles. The predicted octanol–water partition coefficient (Wildman–Crippen LogP) is 16.0. The summed E-state index contributed by atoms with van der Waals surface area (Å²) in [5.74, 6) is -3.89. The van der Waals surface area contributed by atoms with Gasteiger partial charge in [-0.15, -0.1) is 0 Å². The first kappa shape index (κ1) is 36.9. The van der Waals surface area contributed by atoms with Crippen molar-refractivity contribution in [3.8, 4) is 27.9 Å². The van der Waals surface area contributed by atoms with Gasteiger partial charge in [0.05, 0.1) is 22.8 Å². The van der Waals surface area contributed by atoms with E-state index in [1.165, 1.54) is 60.5 Å². The zero-order valence-electron chi connectivity index (χ0n) is 33.9. The van der Waals surface area contributed by atoms with Crippen molar-refractivity contribution in [1.82, 2.24) is 4.57 Å². The van der Waals surface area contributed by atoms with E-state index in [-0.39, 0.29) is 11.7 Å². The van der Waals surface area contributed by atoms with Crippen molar-refractivity contribution in [2.45, 2.75) is 12.5 Å². The summed E-state index contributed by atoms with van der Waals surface area (Å²) in [6, 6.07) is 63.9. The molecule has 11 aromatic rings. The molecule has 0 saturated heterocycles. The molecule has 0 spiro atoms. The van der Waals surface area contributed by atoms with E-state index in [0.717, 1.165) is 44.9 Å². The minimum Gasteiger partial charge on any atom is -0.332 e. The standard InChI is InChI=1S/C58H37F3N2/c59-50-32-33-51(58(61)57(50)60)62(43-14-8-3-9-15-43)44-26-18-39(19-27-44)46-28-20-40-21-31-49-55-42(23-29-47(46)54(40)55)35-53-56(49)48-30-22-41(37-12-6-2-7-13-37)34-52(48)63(53)45-24-16-38(17-25-45)36-10-4-1-5-11-36/h1-26,28-35,44H,27H2. The van der Waals surface area contributed by atoms with Crippen LogP contribution in [0.25, 0.3) is 87.6 Å². The van der Waals surface area contributed by atoms with Crippen molar-refractivity contribution in [3.05, 3.63) is 229 Å². The Morgan fingerprint density at radius 1 is 0.476 bits per heavy atom. The number of hydrogen-bond donors (Lipinski definition) is 0. The van der Waals surface area contributed by atoms with E-state index in [0.29, 0.717) is 12.1 Å². The van der Waals surface area contributed by atoms with Crippen LogP contribution in [0.3, 0.4) is 0 Å². The molecule has 0 fully saturated rings. The van der Waals surface area contributed by atoms with Crippen LogP contribution in [0.4, 0.5) is 24.5 Å². The lowest BCUT2D eigenvalue weighted by Crippen LogP contribution is -2.31. The molecule has 1 aromatic heterocycles. The molecular formula is C58H37F3N2. The number of nitrogens with zero attached hydrogens (tertiary/aromatic N) is 2. The topological polar surface area (TPSA) is 8.17 Å². The average Bonchev–Trinajstić information content (AvgIpc) is 3.67. The molecule has 0 amide bonds. The van der Waals surface area contributed by atoms with Gasteiger partial charge in [0.2, 0.25) is 0 Å². The summed E-state index contributed by atoms with van der Waals surface area (Å²) in [6.07, 6.45) is 6.81. The Hall–Kier alpha value is -7.89. The van der Waals surface area contributed by atoms with Crippen molar-refractivity contribution in [3.63, 3.8) is 0 Å². The highest BCUT2D eigenvalue weighted by Crippen LogP contribution is 2.46. The summed E-state index contributed by atoms with van der Waals surface area (Å²) in [4.78, 5) is 1.74. The molecule has 10 aromatic carbocycles. The fourth-order valence-corrected chi connectivity index (χ4v) is 9.95. The summed E-state index contributed by atoms with van der Waals surface area (Å²) in [6.45, 7) is 0. The smallest absolute Gasteiger partial charge is 0.196 e. The maximum atomic E-state index is 15.4. The molecule has 1 unspecified atom stereocenters. The van der Waals surface area contributed by atoms with Gasteiger partial charge in [0.25, 0.3) is 0 Å².